The van der Waals surface area contributed by atoms with Crippen molar-refractivity contribution in [3.63, 3.8) is 0 Å². The first-order valence-electron chi connectivity index (χ1n) is 7.40. The van der Waals surface area contributed by atoms with E-state index in [1.807, 2.05) is 6.07 Å². The number of aromatic hydroxyl groups is 2. The third-order valence-corrected chi connectivity index (χ3v) is 3.61. The lowest BCUT2D eigenvalue weighted by molar-refractivity contribution is 0.366. The molecule has 120 valence electrons. The maximum atomic E-state index is 10.1. The van der Waals surface area contributed by atoms with E-state index in [-0.39, 0.29) is 11.5 Å². The average Bonchev–Trinajstić information content (AvgIpc) is 3.18. The van der Waals surface area contributed by atoms with Crippen molar-refractivity contribution in [1.82, 2.24) is 0 Å². The molecular weight excluding hydrogens is 311 g/mol. The molecule has 2 bridgehead atoms. The van der Waals surface area contributed by atoms with Crippen molar-refractivity contribution in [1.29, 1.82) is 0 Å². The number of hydrogen-bond donors (Lipinski definition) is 2. The molecule has 0 amide bonds. The fourth-order valence-electron chi connectivity index (χ4n) is 2.44. The lowest BCUT2D eigenvalue weighted by atomic mass is 10.1. The van der Waals surface area contributed by atoms with E-state index in [2.05, 4.69) is 9.98 Å². The van der Waals surface area contributed by atoms with E-state index < -0.39 is 7.32 Å². The molecule has 2 aliphatic heterocycles. The summed E-state index contributed by atoms with van der Waals surface area (Å²) in [4.78, 5) is 8.44. The summed E-state index contributed by atoms with van der Waals surface area (Å²) < 4.78 is 15.8. The Bertz CT molecular complexity index is 853. The Morgan fingerprint density at radius 1 is 0.917 bits per heavy atom. The summed E-state index contributed by atoms with van der Waals surface area (Å²) in [5.41, 5.74) is 1.16. The molecule has 0 unspecified atom stereocenters. The van der Waals surface area contributed by atoms with E-state index in [0.29, 0.717) is 41.5 Å². The topological polar surface area (TPSA) is 92.9 Å². The minimum absolute atomic E-state index is 0.0130. The van der Waals surface area contributed by atoms with E-state index in [9.17, 15) is 10.2 Å². The molecule has 0 atom stereocenters. The van der Waals surface area contributed by atoms with Crippen LogP contribution in [-0.4, -0.2) is 43.1 Å². The second-order valence-corrected chi connectivity index (χ2v) is 5.24. The minimum atomic E-state index is -0.786. The predicted octanol–water partition coefficient (Wildman–Crippen LogP) is 1.78. The summed E-state index contributed by atoms with van der Waals surface area (Å²) in [6, 6.07) is 8.63. The molecule has 8 heteroatoms. The Morgan fingerprint density at radius 2 is 1.62 bits per heavy atom. The molecule has 0 aromatic heterocycles. The third kappa shape index (κ3) is 2.52. The molecule has 7 nitrogen and oxygen atoms in total. The molecule has 2 N–H and O–H groups in total. The van der Waals surface area contributed by atoms with Gasteiger partial charge in [0.25, 0.3) is 0 Å². The average molecular weight is 324 g/mol. The van der Waals surface area contributed by atoms with E-state index in [4.69, 9.17) is 14.0 Å². The van der Waals surface area contributed by atoms with Crippen LogP contribution in [0.25, 0.3) is 0 Å². The number of fused-ring (bicyclic) bond motifs is 1. The van der Waals surface area contributed by atoms with E-state index in [1.54, 1.807) is 36.7 Å². The Morgan fingerprint density at radius 3 is 2.38 bits per heavy atom. The van der Waals surface area contributed by atoms with Crippen LogP contribution < -0.4 is 14.0 Å². The zero-order chi connectivity index (χ0) is 16.5. The number of rotatable bonds is 5. The fourth-order valence-corrected chi connectivity index (χ4v) is 2.44. The molecule has 0 saturated carbocycles. The summed E-state index contributed by atoms with van der Waals surface area (Å²) in [6.45, 7) is 0.901. The Labute approximate surface area is 138 Å². The van der Waals surface area contributed by atoms with E-state index in [1.165, 1.54) is 0 Å². The van der Waals surface area contributed by atoms with Gasteiger partial charge in [-0.1, -0.05) is 12.1 Å². The second-order valence-electron chi connectivity index (χ2n) is 5.24. The number of phenols is 2. The van der Waals surface area contributed by atoms with Crippen molar-refractivity contribution < 1.29 is 24.2 Å². The van der Waals surface area contributed by atoms with Crippen molar-refractivity contribution in [3.05, 3.63) is 41.5 Å². The standard InChI is InChI=1S/C16H13BN2O5/c20-12-4-2-1-3-10(12)8-18-5-6-19-9-11-7-13-15-16(14(11)21)24-17(22-13)23-15/h1-4,7-9,20-21H,5-6H2. The van der Waals surface area contributed by atoms with Crippen LogP contribution in [0, 0.1) is 0 Å². The largest absolute Gasteiger partial charge is 0.864 e. The number of para-hydroxylation sites is 1. The first-order chi connectivity index (χ1) is 11.7. The number of nitrogens with zero attached hydrogens (tertiary/aromatic N) is 2. The van der Waals surface area contributed by atoms with Gasteiger partial charge in [0.15, 0.2) is 23.0 Å². The van der Waals surface area contributed by atoms with Gasteiger partial charge in [-0.25, -0.2) is 0 Å². The van der Waals surface area contributed by atoms with Gasteiger partial charge in [0.1, 0.15) is 5.75 Å². The molecule has 0 fully saturated rings. The van der Waals surface area contributed by atoms with Gasteiger partial charge in [-0.05, 0) is 18.2 Å². The smallest absolute Gasteiger partial charge is 0.507 e. The first-order valence-corrected chi connectivity index (χ1v) is 7.40. The van der Waals surface area contributed by atoms with Crippen molar-refractivity contribution in [2.75, 3.05) is 13.1 Å². The molecule has 2 aliphatic rings. The molecule has 0 spiro atoms. The van der Waals surface area contributed by atoms with Gasteiger partial charge in [0.2, 0.25) is 0 Å². The van der Waals surface area contributed by atoms with Crippen LogP contribution in [-0.2, 0) is 0 Å². The molecule has 4 rings (SSSR count). The van der Waals surface area contributed by atoms with Crippen LogP contribution >= 0.6 is 0 Å². The first kappa shape index (κ1) is 14.4. The number of phenolic OH excluding ortho intramolecular Hbond substituents is 2. The van der Waals surface area contributed by atoms with Crippen molar-refractivity contribution in [3.8, 4) is 28.7 Å². The summed E-state index contributed by atoms with van der Waals surface area (Å²) in [5, 5.41) is 19.7. The van der Waals surface area contributed by atoms with Crippen molar-refractivity contribution in [2.24, 2.45) is 9.98 Å². The molecular formula is C16H13BN2O5. The highest BCUT2D eigenvalue weighted by molar-refractivity contribution is 6.43. The fraction of sp³-hybridized carbons (Fsp3) is 0.125. The normalized spacial score (nSPS) is 14.2. The molecule has 0 saturated heterocycles. The van der Waals surface area contributed by atoms with E-state index in [0.717, 1.165) is 0 Å². The van der Waals surface area contributed by atoms with Crippen LogP contribution in [0.5, 0.6) is 28.7 Å². The highest BCUT2D eigenvalue weighted by Gasteiger charge is 2.48. The quantitative estimate of drug-likeness (QED) is 0.497. The Kier molecular flexibility index (Phi) is 3.49. The third-order valence-electron chi connectivity index (χ3n) is 3.61. The lowest BCUT2D eigenvalue weighted by Gasteiger charge is -2.11. The molecule has 0 radical (unpaired) electrons. The highest BCUT2D eigenvalue weighted by Crippen LogP contribution is 2.53. The number of aliphatic imine (C=N–C) groups is 2. The zero-order valence-corrected chi connectivity index (χ0v) is 12.5. The monoisotopic (exact) mass is 324 g/mol. The molecule has 0 aliphatic carbocycles. The van der Waals surface area contributed by atoms with Gasteiger partial charge >= 0.3 is 7.32 Å². The van der Waals surface area contributed by atoms with Gasteiger partial charge in [-0.15, -0.1) is 0 Å². The molecule has 24 heavy (non-hydrogen) atoms. The van der Waals surface area contributed by atoms with Gasteiger partial charge in [-0.2, -0.15) is 0 Å². The van der Waals surface area contributed by atoms with Crippen LogP contribution in [0.4, 0.5) is 0 Å². The lowest BCUT2D eigenvalue weighted by Crippen LogP contribution is -2.29. The van der Waals surface area contributed by atoms with Crippen LogP contribution in [0.1, 0.15) is 11.1 Å². The van der Waals surface area contributed by atoms with Crippen LogP contribution in [0.3, 0.4) is 0 Å². The van der Waals surface area contributed by atoms with Gasteiger partial charge in [0, 0.05) is 23.6 Å². The summed E-state index contributed by atoms with van der Waals surface area (Å²) in [7, 11) is -0.786. The Hall–Kier alpha value is -3.16. The van der Waals surface area contributed by atoms with Crippen molar-refractivity contribution >= 4 is 19.8 Å². The van der Waals surface area contributed by atoms with Gasteiger partial charge < -0.3 is 24.2 Å². The predicted molar refractivity (Wildman–Crippen MR) is 88.8 cm³/mol. The van der Waals surface area contributed by atoms with Crippen LogP contribution in [0.2, 0.25) is 0 Å². The summed E-state index contributed by atoms with van der Waals surface area (Å²) in [6.07, 6.45) is 3.15. The van der Waals surface area contributed by atoms with Crippen LogP contribution in [0.15, 0.2) is 40.3 Å². The summed E-state index contributed by atoms with van der Waals surface area (Å²) >= 11 is 0. The number of benzene rings is 2. The van der Waals surface area contributed by atoms with Gasteiger partial charge in [0.05, 0.1) is 13.1 Å². The SMILES string of the molecule is Oc1ccccc1C=NCCN=Cc1cc2c3c(c1O)OB(O2)O3. The number of hydrogen-bond acceptors (Lipinski definition) is 7. The minimum Gasteiger partial charge on any atom is -0.507 e. The van der Waals surface area contributed by atoms with E-state index >= 15 is 0 Å². The van der Waals surface area contributed by atoms with Gasteiger partial charge in [-0.3, -0.25) is 9.98 Å². The highest BCUT2D eigenvalue weighted by atomic mass is 16.8. The maximum Gasteiger partial charge on any atom is 0.864 e. The molecule has 2 aromatic rings. The molecule has 2 heterocycles. The summed E-state index contributed by atoms with van der Waals surface area (Å²) in [5.74, 6) is 1.44. The maximum absolute atomic E-state index is 10.1. The van der Waals surface area contributed by atoms with Crippen molar-refractivity contribution in [2.45, 2.75) is 0 Å². The Balaban J connectivity index is 1.37. The zero-order valence-electron chi connectivity index (χ0n) is 12.5. The molecule has 2 aromatic carbocycles. The second kappa shape index (κ2) is 5.80.